The van der Waals surface area contributed by atoms with Gasteiger partial charge >= 0.3 is 5.97 Å². The molecule has 0 aliphatic carbocycles. The molecular weight excluding hydrogens is 216 g/mol. The van der Waals surface area contributed by atoms with Crippen molar-refractivity contribution >= 4 is 5.97 Å². The van der Waals surface area contributed by atoms with Crippen molar-refractivity contribution in [1.29, 1.82) is 0 Å². The minimum atomic E-state index is -0.395. The van der Waals surface area contributed by atoms with Crippen molar-refractivity contribution in [2.24, 2.45) is 0 Å². The van der Waals surface area contributed by atoms with Crippen LogP contribution in [0, 0.1) is 20.8 Å². The lowest BCUT2D eigenvalue weighted by Crippen LogP contribution is -2.09. The van der Waals surface area contributed by atoms with Crippen LogP contribution in [0.1, 0.15) is 27.0 Å². The maximum atomic E-state index is 11.8. The first-order valence-corrected chi connectivity index (χ1v) is 5.40. The fourth-order valence-corrected chi connectivity index (χ4v) is 1.86. The van der Waals surface area contributed by atoms with Crippen LogP contribution < -0.4 is 4.74 Å². The number of carbonyl (C=O) groups is 1. The molecule has 17 heavy (non-hydrogen) atoms. The van der Waals surface area contributed by atoms with Crippen LogP contribution in [0.15, 0.2) is 35.1 Å². The average Bonchev–Trinajstić information content (AvgIpc) is 2.76. The van der Waals surface area contributed by atoms with Gasteiger partial charge in [-0.15, -0.1) is 0 Å². The Labute approximate surface area is 100 Å². The van der Waals surface area contributed by atoms with Gasteiger partial charge in [0.1, 0.15) is 12.0 Å². The van der Waals surface area contributed by atoms with Gasteiger partial charge in [0, 0.05) is 0 Å². The monoisotopic (exact) mass is 230 g/mol. The summed E-state index contributed by atoms with van der Waals surface area (Å²) in [6, 6.07) is 5.57. The molecule has 3 nitrogen and oxygen atoms in total. The molecule has 3 heteroatoms. The van der Waals surface area contributed by atoms with Crippen LogP contribution in [0.3, 0.4) is 0 Å². The van der Waals surface area contributed by atoms with Gasteiger partial charge in [0.15, 0.2) is 0 Å². The number of hydrogen-bond donors (Lipinski definition) is 0. The molecule has 0 spiro atoms. The maximum Gasteiger partial charge on any atom is 0.346 e. The number of carbonyl (C=O) groups excluding carboxylic acids is 1. The number of hydrogen-bond acceptors (Lipinski definition) is 3. The Bertz CT molecular complexity index is 516. The van der Waals surface area contributed by atoms with Crippen LogP contribution in [0.25, 0.3) is 0 Å². The van der Waals surface area contributed by atoms with Crippen LogP contribution in [0.4, 0.5) is 0 Å². The van der Waals surface area contributed by atoms with E-state index in [2.05, 4.69) is 0 Å². The highest BCUT2D eigenvalue weighted by atomic mass is 16.5. The summed E-state index contributed by atoms with van der Waals surface area (Å²) in [4.78, 5) is 11.8. The maximum absolute atomic E-state index is 11.8. The van der Waals surface area contributed by atoms with Crippen LogP contribution in [-0.2, 0) is 0 Å². The normalized spacial score (nSPS) is 10.3. The molecule has 0 atom stereocenters. The molecule has 0 N–H and O–H groups in total. The summed E-state index contributed by atoms with van der Waals surface area (Å²) >= 11 is 0. The van der Waals surface area contributed by atoms with Crippen molar-refractivity contribution in [2.45, 2.75) is 20.8 Å². The van der Waals surface area contributed by atoms with Crippen molar-refractivity contribution in [3.8, 4) is 5.75 Å². The number of furan rings is 1. The number of rotatable bonds is 2. The summed E-state index contributed by atoms with van der Waals surface area (Å²) in [5, 5.41) is 0. The molecule has 1 heterocycles. The van der Waals surface area contributed by atoms with Crippen LogP contribution in [0.2, 0.25) is 0 Å². The zero-order valence-electron chi connectivity index (χ0n) is 10.1. The number of aryl methyl sites for hydroxylation is 3. The molecule has 0 saturated carbocycles. The Balaban J connectivity index is 2.28. The highest BCUT2D eigenvalue weighted by Crippen LogP contribution is 2.25. The largest absolute Gasteiger partial charge is 0.472 e. The predicted octanol–water partition coefficient (Wildman–Crippen LogP) is 3.42. The molecule has 0 fully saturated rings. The lowest BCUT2D eigenvalue weighted by Gasteiger charge is -2.10. The lowest BCUT2D eigenvalue weighted by molar-refractivity contribution is 0.0731. The second kappa shape index (κ2) is 4.45. The van der Waals surface area contributed by atoms with Gasteiger partial charge in [0.05, 0.1) is 11.8 Å². The van der Waals surface area contributed by atoms with E-state index in [4.69, 9.17) is 9.15 Å². The van der Waals surface area contributed by atoms with Gasteiger partial charge in [-0.25, -0.2) is 4.79 Å². The van der Waals surface area contributed by atoms with E-state index in [1.165, 1.54) is 12.5 Å². The molecular formula is C14H14O3. The first kappa shape index (κ1) is 11.5. The smallest absolute Gasteiger partial charge is 0.346 e. The fraction of sp³-hybridized carbons (Fsp3) is 0.214. The summed E-state index contributed by atoms with van der Waals surface area (Å²) in [6.45, 7) is 5.87. The van der Waals surface area contributed by atoms with E-state index in [-0.39, 0.29) is 0 Å². The molecule has 2 aromatic rings. The summed E-state index contributed by atoms with van der Waals surface area (Å²) in [7, 11) is 0. The summed E-state index contributed by atoms with van der Waals surface area (Å²) < 4.78 is 10.2. The predicted molar refractivity (Wildman–Crippen MR) is 64.3 cm³/mol. The van der Waals surface area contributed by atoms with Crippen molar-refractivity contribution in [3.63, 3.8) is 0 Å². The van der Waals surface area contributed by atoms with Gasteiger partial charge in [-0.2, -0.15) is 0 Å². The van der Waals surface area contributed by atoms with Crippen LogP contribution in [-0.4, -0.2) is 5.97 Å². The third-order valence-electron chi connectivity index (χ3n) is 2.56. The van der Waals surface area contributed by atoms with Gasteiger partial charge in [-0.05, 0) is 38.0 Å². The average molecular weight is 230 g/mol. The standard InChI is InChI=1S/C14H14O3/c1-9-6-10(2)13(11(3)7-9)17-14(15)12-4-5-16-8-12/h4-8H,1-3H3. The first-order chi connectivity index (χ1) is 8.08. The fourth-order valence-electron chi connectivity index (χ4n) is 1.86. The second-order valence-corrected chi connectivity index (χ2v) is 4.13. The molecule has 0 saturated heterocycles. The number of esters is 1. The Kier molecular flexibility index (Phi) is 3.00. The highest BCUT2D eigenvalue weighted by molar-refractivity contribution is 5.90. The molecule has 0 aliphatic rings. The van der Waals surface area contributed by atoms with Gasteiger partial charge < -0.3 is 9.15 Å². The van der Waals surface area contributed by atoms with E-state index < -0.39 is 5.97 Å². The Morgan fingerprint density at radius 1 is 1.18 bits per heavy atom. The van der Waals surface area contributed by atoms with Crippen LogP contribution >= 0.6 is 0 Å². The molecule has 0 amide bonds. The molecule has 1 aromatic carbocycles. The van der Waals surface area contributed by atoms with E-state index in [1.807, 2.05) is 32.9 Å². The van der Waals surface area contributed by atoms with E-state index in [0.29, 0.717) is 11.3 Å². The summed E-state index contributed by atoms with van der Waals surface area (Å²) in [5.41, 5.74) is 3.49. The van der Waals surface area contributed by atoms with E-state index in [1.54, 1.807) is 6.07 Å². The van der Waals surface area contributed by atoms with Gasteiger partial charge in [0.2, 0.25) is 0 Å². The number of benzene rings is 1. The quantitative estimate of drug-likeness (QED) is 0.586. The Morgan fingerprint density at radius 2 is 1.82 bits per heavy atom. The minimum Gasteiger partial charge on any atom is -0.472 e. The molecule has 0 bridgehead atoms. The second-order valence-electron chi connectivity index (χ2n) is 4.13. The van der Waals surface area contributed by atoms with Gasteiger partial charge in [0.25, 0.3) is 0 Å². The zero-order valence-corrected chi connectivity index (χ0v) is 10.1. The first-order valence-electron chi connectivity index (χ1n) is 5.40. The Morgan fingerprint density at radius 3 is 2.35 bits per heavy atom. The molecule has 0 radical (unpaired) electrons. The number of ether oxygens (including phenoxy) is 1. The molecule has 2 rings (SSSR count). The zero-order chi connectivity index (χ0) is 12.4. The molecule has 1 aromatic heterocycles. The van der Waals surface area contributed by atoms with E-state index >= 15 is 0 Å². The highest BCUT2D eigenvalue weighted by Gasteiger charge is 2.13. The van der Waals surface area contributed by atoms with Crippen molar-refractivity contribution in [1.82, 2.24) is 0 Å². The lowest BCUT2D eigenvalue weighted by atomic mass is 10.1. The topological polar surface area (TPSA) is 39.4 Å². The van der Waals surface area contributed by atoms with Crippen molar-refractivity contribution in [2.75, 3.05) is 0 Å². The van der Waals surface area contributed by atoms with Crippen molar-refractivity contribution in [3.05, 3.63) is 53.0 Å². The summed E-state index contributed by atoms with van der Waals surface area (Å²) in [6.07, 6.45) is 2.83. The Hall–Kier alpha value is -2.03. The third kappa shape index (κ3) is 2.38. The minimum absolute atomic E-state index is 0.395. The van der Waals surface area contributed by atoms with E-state index in [0.717, 1.165) is 16.7 Å². The summed E-state index contributed by atoms with van der Waals surface area (Å²) in [5.74, 6) is 0.232. The molecule has 0 unspecified atom stereocenters. The molecule has 88 valence electrons. The van der Waals surface area contributed by atoms with Crippen LogP contribution in [0.5, 0.6) is 5.75 Å². The van der Waals surface area contributed by atoms with Gasteiger partial charge in [-0.3, -0.25) is 0 Å². The van der Waals surface area contributed by atoms with Gasteiger partial charge in [-0.1, -0.05) is 17.7 Å². The van der Waals surface area contributed by atoms with E-state index in [9.17, 15) is 4.79 Å². The third-order valence-corrected chi connectivity index (χ3v) is 2.56. The SMILES string of the molecule is Cc1cc(C)c(OC(=O)c2ccoc2)c(C)c1. The van der Waals surface area contributed by atoms with Crippen molar-refractivity contribution < 1.29 is 13.9 Å². The molecule has 0 aliphatic heterocycles.